The number of hydrogen-bond acceptors (Lipinski definition) is 3. The molecular weight excluding hydrogens is 252 g/mol. The predicted octanol–water partition coefficient (Wildman–Crippen LogP) is 2.23. The van der Waals surface area contributed by atoms with Crippen molar-refractivity contribution < 1.29 is 9.53 Å². The van der Waals surface area contributed by atoms with E-state index >= 15 is 0 Å². The molecule has 116 valence electrons. The van der Waals surface area contributed by atoms with Gasteiger partial charge in [-0.2, -0.15) is 0 Å². The summed E-state index contributed by atoms with van der Waals surface area (Å²) in [6, 6.07) is 0.400. The Hall–Kier alpha value is -0.610. The molecule has 2 rings (SSSR count). The Morgan fingerprint density at radius 3 is 2.75 bits per heavy atom. The minimum Gasteiger partial charge on any atom is -0.375 e. The van der Waals surface area contributed by atoms with Crippen LogP contribution in [0.3, 0.4) is 0 Å². The summed E-state index contributed by atoms with van der Waals surface area (Å²) >= 11 is 0. The van der Waals surface area contributed by atoms with E-state index in [2.05, 4.69) is 17.6 Å². The molecule has 0 aromatic heterocycles. The van der Waals surface area contributed by atoms with Crippen molar-refractivity contribution in [3.63, 3.8) is 0 Å². The maximum absolute atomic E-state index is 12.0. The standard InChI is InChI=1S/C16H30N2O2/c1-2-3-4-13-5-7-14(8-6-13)18-16(19)11-15-12-17-9-10-20-15/h13-15,17H,2-12H2,1H3,(H,18,19)/t13?,14?,15-/m1/s1. The van der Waals surface area contributed by atoms with Gasteiger partial charge in [0.2, 0.25) is 5.91 Å². The molecule has 4 nitrogen and oxygen atoms in total. The number of nitrogens with one attached hydrogen (secondary N) is 2. The van der Waals surface area contributed by atoms with Crippen LogP contribution in [0.25, 0.3) is 0 Å². The monoisotopic (exact) mass is 282 g/mol. The lowest BCUT2D eigenvalue weighted by atomic mass is 9.83. The summed E-state index contributed by atoms with van der Waals surface area (Å²) < 4.78 is 5.58. The van der Waals surface area contributed by atoms with Gasteiger partial charge < -0.3 is 15.4 Å². The maximum Gasteiger partial charge on any atom is 0.222 e. The van der Waals surface area contributed by atoms with Gasteiger partial charge in [-0.3, -0.25) is 4.79 Å². The zero-order valence-corrected chi connectivity index (χ0v) is 12.8. The SMILES string of the molecule is CCCCC1CCC(NC(=O)C[C@@H]2CNCCO2)CC1. The van der Waals surface area contributed by atoms with Gasteiger partial charge in [0.25, 0.3) is 0 Å². The van der Waals surface area contributed by atoms with Crippen LogP contribution in [0.1, 0.15) is 58.3 Å². The van der Waals surface area contributed by atoms with Crippen LogP contribution in [0.15, 0.2) is 0 Å². The van der Waals surface area contributed by atoms with Crippen LogP contribution < -0.4 is 10.6 Å². The van der Waals surface area contributed by atoms with Crippen molar-refractivity contribution in [1.29, 1.82) is 0 Å². The summed E-state index contributed by atoms with van der Waals surface area (Å²) in [4.78, 5) is 12.0. The number of ether oxygens (including phenoxy) is 1. The second kappa shape index (κ2) is 8.63. The molecule has 1 saturated carbocycles. The largest absolute Gasteiger partial charge is 0.375 e. The normalized spacial score (nSPS) is 30.9. The number of morpholine rings is 1. The molecule has 1 atom stereocenters. The van der Waals surface area contributed by atoms with Gasteiger partial charge in [0.1, 0.15) is 0 Å². The van der Waals surface area contributed by atoms with Gasteiger partial charge in [-0.15, -0.1) is 0 Å². The fourth-order valence-corrected chi connectivity index (χ4v) is 3.33. The van der Waals surface area contributed by atoms with Crippen molar-refractivity contribution in [3.8, 4) is 0 Å². The second-order valence-electron chi connectivity index (χ2n) is 6.33. The van der Waals surface area contributed by atoms with Crippen molar-refractivity contribution in [2.45, 2.75) is 70.4 Å². The Morgan fingerprint density at radius 2 is 2.10 bits per heavy atom. The maximum atomic E-state index is 12.0. The topological polar surface area (TPSA) is 50.4 Å². The summed E-state index contributed by atoms with van der Waals surface area (Å²) in [6.07, 6.45) is 9.47. The molecule has 4 heteroatoms. The Kier molecular flexibility index (Phi) is 6.80. The number of carbonyl (C=O) groups is 1. The number of carbonyl (C=O) groups excluding carboxylic acids is 1. The van der Waals surface area contributed by atoms with E-state index in [4.69, 9.17) is 4.74 Å². The molecule has 1 aliphatic carbocycles. The first-order valence-electron chi connectivity index (χ1n) is 8.39. The molecule has 2 N–H and O–H groups in total. The molecular formula is C16H30N2O2. The van der Waals surface area contributed by atoms with Gasteiger partial charge in [0.15, 0.2) is 0 Å². The zero-order valence-electron chi connectivity index (χ0n) is 12.8. The number of amides is 1. The van der Waals surface area contributed by atoms with Crippen LogP contribution in [0, 0.1) is 5.92 Å². The van der Waals surface area contributed by atoms with Crippen LogP contribution in [0.2, 0.25) is 0 Å². The Morgan fingerprint density at radius 1 is 1.30 bits per heavy atom. The molecule has 0 unspecified atom stereocenters. The highest BCUT2D eigenvalue weighted by molar-refractivity contribution is 5.76. The quantitative estimate of drug-likeness (QED) is 0.785. The van der Waals surface area contributed by atoms with Gasteiger partial charge in [0.05, 0.1) is 19.1 Å². The molecule has 0 spiro atoms. The molecule has 1 aliphatic heterocycles. The molecule has 1 amide bonds. The second-order valence-corrected chi connectivity index (χ2v) is 6.33. The van der Waals surface area contributed by atoms with E-state index in [1.807, 2.05) is 0 Å². The minimum atomic E-state index is 0.0599. The van der Waals surface area contributed by atoms with E-state index in [9.17, 15) is 4.79 Å². The van der Waals surface area contributed by atoms with E-state index in [1.54, 1.807) is 0 Å². The van der Waals surface area contributed by atoms with E-state index in [0.717, 1.165) is 38.5 Å². The van der Waals surface area contributed by atoms with Crippen molar-refractivity contribution in [1.82, 2.24) is 10.6 Å². The van der Waals surface area contributed by atoms with Crippen LogP contribution >= 0.6 is 0 Å². The summed E-state index contributed by atoms with van der Waals surface area (Å²) in [5.41, 5.74) is 0. The molecule has 0 aromatic rings. The van der Waals surface area contributed by atoms with Gasteiger partial charge >= 0.3 is 0 Å². The number of unbranched alkanes of at least 4 members (excludes halogenated alkanes) is 1. The molecule has 2 fully saturated rings. The molecule has 0 bridgehead atoms. The molecule has 0 radical (unpaired) electrons. The van der Waals surface area contributed by atoms with Gasteiger partial charge in [-0.25, -0.2) is 0 Å². The average molecular weight is 282 g/mol. The van der Waals surface area contributed by atoms with Crippen molar-refractivity contribution in [2.24, 2.45) is 5.92 Å². The zero-order chi connectivity index (χ0) is 14.2. The first-order chi connectivity index (χ1) is 9.78. The van der Waals surface area contributed by atoms with Crippen LogP contribution in [-0.2, 0) is 9.53 Å². The lowest BCUT2D eigenvalue weighted by Crippen LogP contribution is -2.44. The molecule has 2 aliphatic rings. The van der Waals surface area contributed by atoms with Crippen LogP contribution in [0.4, 0.5) is 0 Å². The van der Waals surface area contributed by atoms with E-state index in [0.29, 0.717) is 12.5 Å². The Balaban J connectivity index is 1.60. The first-order valence-corrected chi connectivity index (χ1v) is 8.39. The van der Waals surface area contributed by atoms with Crippen molar-refractivity contribution in [3.05, 3.63) is 0 Å². The van der Waals surface area contributed by atoms with E-state index in [1.165, 1.54) is 32.1 Å². The van der Waals surface area contributed by atoms with Crippen LogP contribution in [-0.4, -0.2) is 37.7 Å². The first kappa shape index (κ1) is 15.8. The Labute approximate surface area is 123 Å². The summed E-state index contributed by atoms with van der Waals surface area (Å²) in [5.74, 6) is 1.06. The Bertz CT molecular complexity index is 282. The summed E-state index contributed by atoms with van der Waals surface area (Å²) in [7, 11) is 0. The summed E-state index contributed by atoms with van der Waals surface area (Å²) in [6.45, 7) is 4.69. The van der Waals surface area contributed by atoms with Gasteiger partial charge in [-0.1, -0.05) is 26.2 Å². The third-order valence-corrected chi connectivity index (χ3v) is 4.60. The van der Waals surface area contributed by atoms with Gasteiger partial charge in [-0.05, 0) is 31.6 Å². The summed E-state index contributed by atoms with van der Waals surface area (Å²) in [5, 5.41) is 6.46. The third-order valence-electron chi connectivity index (χ3n) is 4.60. The van der Waals surface area contributed by atoms with E-state index < -0.39 is 0 Å². The molecule has 0 aromatic carbocycles. The molecule has 1 saturated heterocycles. The fourth-order valence-electron chi connectivity index (χ4n) is 3.33. The molecule has 20 heavy (non-hydrogen) atoms. The smallest absolute Gasteiger partial charge is 0.222 e. The highest BCUT2D eigenvalue weighted by Crippen LogP contribution is 2.28. The highest BCUT2D eigenvalue weighted by atomic mass is 16.5. The van der Waals surface area contributed by atoms with Gasteiger partial charge in [0, 0.05) is 19.1 Å². The predicted molar refractivity (Wildman–Crippen MR) is 80.6 cm³/mol. The average Bonchev–Trinajstić information content (AvgIpc) is 2.47. The lowest BCUT2D eigenvalue weighted by molar-refractivity contribution is -0.125. The van der Waals surface area contributed by atoms with E-state index in [-0.39, 0.29) is 12.0 Å². The third kappa shape index (κ3) is 5.41. The number of hydrogen-bond donors (Lipinski definition) is 2. The number of rotatable bonds is 6. The van der Waals surface area contributed by atoms with Crippen LogP contribution in [0.5, 0.6) is 0 Å². The lowest BCUT2D eigenvalue weighted by Gasteiger charge is -2.30. The highest BCUT2D eigenvalue weighted by Gasteiger charge is 2.23. The minimum absolute atomic E-state index is 0.0599. The van der Waals surface area contributed by atoms with Crippen molar-refractivity contribution in [2.75, 3.05) is 19.7 Å². The molecule has 1 heterocycles. The fraction of sp³-hybridized carbons (Fsp3) is 0.938. The van der Waals surface area contributed by atoms with Crippen molar-refractivity contribution >= 4 is 5.91 Å².